The van der Waals surface area contributed by atoms with Crippen molar-refractivity contribution < 1.29 is 19.1 Å². The van der Waals surface area contributed by atoms with Crippen LogP contribution in [-0.4, -0.2) is 24.8 Å². The van der Waals surface area contributed by atoms with Crippen molar-refractivity contribution >= 4 is 23.3 Å². The maximum absolute atomic E-state index is 12.0. The van der Waals surface area contributed by atoms with Crippen molar-refractivity contribution in [3.63, 3.8) is 0 Å². The number of furan rings is 1. The molecule has 0 aliphatic rings. The van der Waals surface area contributed by atoms with Gasteiger partial charge in [-0.3, -0.25) is 0 Å². The first-order chi connectivity index (χ1) is 10.8. The van der Waals surface area contributed by atoms with Gasteiger partial charge in [0.25, 0.3) is 0 Å². The second kappa shape index (κ2) is 6.93. The second-order valence-electron chi connectivity index (χ2n) is 5.34. The molecule has 0 fully saturated rings. The summed E-state index contributed by atoms with van der Waals surface area (Å²) in [5.74, 6) is 1.56. The van der Waals surface area contributed by atoms with Crippen molar-refractivity contribution in [3.8, 4) is 5.75 Å². The topological polar surface area (TPSA) is 83.7 Å². The Balaban J connectivity index is 1.99. The van der Waals surface area contributed by atoms with Crippen molar-refractivity contribution in [1.82, 2.24) is 5.32 Å². The summed E-state index contributed by atoms with van der Waals surface area (Å²) in [6.07, 6.45) is 0. The SMILES string of the molecule is COc1ccc(Cl)cc1NC(=O)NCC(C)(O)c1ccc(C)o1. The first kappa shape index (κ1) is 17.2. The summed E-state index contributed by atoms with van der Waals surface area (Å²) in [6.45, 7) is 3.32. The Kier molecular flexibility index (Phi) is 5.18. The zero-order valence-corrected chi connectivity index (χ0v) is 13.9. The average Bonchev–Trinajstić information content (AvgIpc) is 2.93. The summed E-state index contributed by atoms with van der Waals surface area (Å²) in [6, 6.07) is 7.82. The van der Waals surface area contributed by atoms with Gasteiger partial charge in [0.05, 0.1) is 19.3 Å². The molecular weight excluding hydrogens is 320 g/mol. The molecule has 2 amide bonds. The molecule has 0 saturated heterocycles. The predicted octanol–water partition coefficient (Wildman–Crippen LogP) is 3.28. The minimum atomic E-state index is -1.32. The van der Waals surface area contributed by atoms with Crippen LogP contribution in [0.1, 0.15) is 18.4 Å². The molecule has 0 saturated carbocycles. The minimum Gasteiger partial charge on any atom is -0.495 e. The van der Waals surface area contributed by atoms with E-state index in [1.54, 1.807) is 44.2 Å². The monoisotopic (exact) mass is 338 g/mol. The van der Waals surface area contributed by atoms with E-state index < -0.39 is 11.6 Å². The molecule has 1 aromatic carbocycles. The van der Waals surface area contributed by atoms with E-state index in [9.17, 15) is 9.90 Å². The second-order valence-corrected chi connectivity index (χ2v) is 5.77. The molecule has 0 aliphatic carbocycles. The molecule has 1 unspecified atom stereocenters. The molecule has 124 valence electrons. The molecule has 2 aromatic rings. The smallest absolute Gasteiger partial charge is 0.319 e. The Morgan fingerprint density at radius 1 is 1.39 bits per heavy atom. The lowest BCUT2D eigenvalue weighted by atomic mass is 10.0. The van der Waals surface area contributed by atoms with E-state index in [-0.39, 0.29) is 6.54 Å². The molecule has 2 rings (SSSR count). The van der Waals surface area contributed by atoms with E-state index in [2.05, 4.69) is 10.6 Å². The third kappa shape index (κ3) is 4.40. The van der Waals surface area contributed by atoms with Crippen molar-refractivity contribution in [2.45, 2.75) is 19.4 Å². The lowest BCUT2D eigenvalue weighted by Crippen LogP contribution is -2.40. The highest BCUT2D eigenvalue weighted by Crippen LogP contribution is 2.27. The molecule has 23 heavy (non-hydrogen) atoms. The van der Waals surface area contributed by atoms with Crippen LogP contribution < -0.4 is 15.4 Å². The maximum atomic E-state index is 12.0. The number of aryl methyl sites for hydroxylation is 1. The number of halogens is 1. The zero-order chi connectivity index (χ0) is 17.0. The molecule has 0 spiro atoms. The van der Waals surface area contributed by atoms with Gasteiger partial charge in [-0.1, -0.05) is 11.6 Å². The highest BCUT2D eigenvalue weighted by molar-refractivity contribution is 6.31. The van der Waals surface area contributed by atoms with Crippen LogP contribution in [0.3, 0.4) is 0 Å². The third-order valence-electron chi connectivity index (χ3n) is 3.27. The van der Waals surface area contributed by atoms with Crippen molar-refractivity contribution in [2.75, 3.05) is 19.0 Å². The Morgan fingerprint density at radius 2 is 2.13 bits per heavy atom. The summed E-state index contributed by atoms with van der Waals surface area (Å²) in [5, 5.41) is 16.1. The van der Waals surface area contributed by atoms with E-state index in [0.717, 1.165) is 0 Å². The van der Waals surface area contributed by atoms with E-state index in [1.807, 2.05) is 0 Å². The number of aliphatic hydroxyl groups is 1. The quantitative estimate of drug-likeness (QED) is 0.781. The number of ether oxygens (including phenoxy) is 1. The summed E-state index contributed by atoms with van der Waals surface area (Å²) >= 11 is 5.91. The van der Waals surface area contributed by atoms with Gasteiger partial charge in [0, 0.05) is 5.02 Å². The number of carbonyl (C=O) groups is 1. The molecular formula is C16H19ClN2O4. The zero-order valence-electron chi connectivity index (χ0n) is 13.1. The number of carbonyl (C=O) groups excluding carboxylic acids is 1. The Hall–Kier alpha value is -2.18. The molecule has 0 bridgehead atoms. The first-order valence-corrected chi connectivity index (χ1v) is 7.37. The number of amides is 2. The number of urea groups is 1. The Labute approximate surface area is 139 Å². The van der Waals surface area contributed by atoms with E-state index >= 15 is 0 Å². The minimum absolute atomic E-state index is 0.0192. The van der Waals surface area contributed by atoms with E-state index in [0.29, 0.717) is 28.0 Å². The molecule has 0 aliphatic heterocycles. The number of nitrogens with one attached hydrogen (secondary N) is 2. The van der Waals surface area contributed by atoms with Crippen LogP contribution in [0.5, 0.6) is 5.75 Å². The molecule has 1 aromatic heterocycles. The number of hydrogen-bond acceptors (Lipinski definition) is 4. The number of rotatable bonds is 5. The molecule has 3 N–H and O–H groups in total. The summed E-state index contributed by atoms with van der Waals surface area (Å²) in [4.78, 5) is 12.0. The number of anilines is 1. The fraction of sp³-hybridized carbons (Fsp3) is 0.312. The van der Waals surface area contributed by atoms with Gasteiger partial charge in [0.15, 0.2) is 0 Å². The standard InChI is InChI=1S/C16H19ClN2O4/c1-10-4-7-14(23-10)16(2,21)9-18-15(20)19-12-8-11(17)5-6-13(12)22-3/h4-8,21H,9H2,1-3H3,(H2,18,19,20). The normalized spacial score (nSPS) is 13.3. The van der Waals surface area contributed by atoms with Gasteiger partial charge in [-0.2, -0.15) is 0 Å². The van der Waals surface area contributed by atoms with Gasteiger partial charge >= 0.3 is 6.03 Å². The first-order valence-electron chi connectivity index (χ1n) is 6.99. The van der Waals surface area contributed by atoms with Crippen molar-refractivity contribution in [2.24, 2.45) is 0 Å². The van der Waals surface area contributed by atoms with Gasteiger partial charge in [-0.25, -0.2) is 4.79 Å². The highest BCUT2D eigenvalue weighted by Gasteiger charge is 2.27. The fourth-order valence-corrected chi connectivity index (χ4v) is 2.18. The maximum Gasteiger partial charge on any atom is 0.319 e. The van der Waals surface area contributed by atoms with Crippen molar-refractivity contribution in [1.29, 1.82) is 0 Å². The number of benzene rings is 1. The van der Waals surface area contributed by atoms with E-state index in [4.69, 9.17) is 20.8 Å². The highest BCUT2D eigenvalue weighted by atomic mass is 35.5. The average molecular weight is 339 g/mol. The molecule has 0 radical (unpaired) electrons. The largest absolute Gasteiger partial charge is 0.495 e. The van der Waals surface area contributed by atoms with Gasteiger partial charge < -0.3 is 24.9 Å². The van der Waals surface area contributed by atoms with Crippen LogP contribution >= 0.6 is 11.6 Å². The van der Waals surface area contributed by atoms with Gasteiger partial charge in [0.1, 0.15) is 22.9 Å². The third-order valence-corrected chi connectivity index (χ3v) is 3.51. The van der Waals surface area contributed by atoms with Crippen LogP contribution in [0.2, 0.25) is 5.02 Å². The summed E-state index contributed by atoms with van der Waals surface area (Å²) < 4.78 is 10.5. The molecule has 7 heteroatoms. The van der Waals surface area contributed by atoms with Crippen molar-refractivity contribution in [3.05, 3.63) is 46.9 Å². The fourth-order valence-electron chi connectivity index (χ4n) is 2.01. The van der Waals surface area contributed by atoms with Crippen LogP contribution in [0.15, 0.2) is 34.7 Å². The van der Waals surface area contributed by atoms with Gasteiger partial charge in [-0.15, -0.1) is 0 Å². The predicted molar refractivity (Wildman–Crippen MR) is 88.0 cm³/mol. The molecule has 6 nitrogen and oxygen atoms in total. The summed E-state index contributed by atoms with van der Waals surface area (Å²) in [5.41, 5.74) is -0.879. The number of hydrogen-bond donors (Lipinski definition) is 3. The van der Waals surface area contributed by atoms with E-state index in [1.165, 1.54) is 7.11 Å². The number of methoxy groups -OCH3 is 1. The lowest BCUT2D eigenvalue weighted by Gasteiger charge is -2.21. The van der Waals surface area contributed by atoms with Crippen LogP contribution in [0.25, 0.3) is 0 Å². The van der Waals surface area contributed by atoms with Gasteiger partial charge in [-0.05, 0) is 44.2 Å². The van der Waals surface area contributed by atoms with Crippen LogP contribution in [-0.2, 0) is 5.60 Å². The Morgan fingerprint density at radius 3 is 2.74 bits per heavy atom. The van der Waals surface area contributed by atoms with Gasteiger partial charge in [0.2, 0.25) is 0 Å². The lowest BCUT2D eigenvalue weighted by molar-refractivity contribution is 0.0364. The van der Waals surface area contributed by atoms with Crippen LogP contribution in [0.4, 0.5) is 10.5 Å². The molecule has 1 heterocycles. The molecule has 1 atom stereocenters. The Bertz CT molecular complexity index is 697. The summed E-state index contributed by atoms with van der Waals surface area (Å²) in [7, 11) is 1.50. The van der Waals surface area contributed by atoms with Crippen LogP contribution in [0, 0.1) is 6.92 Å².